The van der Waals surface area contributed by atoms with Crippen molar-refractivity contribution in [2.45, 2.75) is 26.2 Å². The van der Waals surface area contributed by atoms with Gasteiger partial charge in [-0.2, -0.15) is 0 Å². The highest BCUT2D eigenvalue weighted by Crippen LogP contribution is 2.04. The first-order valence-corrected chi connectivity index (χ1v) is 6.24. The lowest BCUT2D eigenvalue weighted by Gasteiger charge is -2.05. The number of carbonyl (C=O) groups excluding carboxylic acids is 1. The number of hydrogen-bond acceptors (Lipinski definition) is 2. The molecule has 1 amide bonds. The summed E-state index contributed by atoms with van der Waals surface area (Å²) >= 11 is 4.85. The highest BCUT2D eigenvalue weighted by molar-refractivity contribution is 7.80. The van der Waals surface area contributed by atoms with Gasteiger partial charge < -0.3 is 11.1 Å². The molecule has 4 heteroatoms. The number of rotatable bonds is 6. The fraction of sp³-hybridized carbons (Fsp3) is 0.385. The van der Waals surface area contributed by atoms with Crippen molar-refractivity contribution < 1.29 is 4.79 Å². The van der Waals surface area contributed by atoms with Crippen molar-refractivity contribution in [2.24, 2.45) is 5.73 Å². The number of unbranched alkanes of at least 4 members (excludes halogenated alkanes) is 2. The summed E-state index contributed by atoms with van der Waals surface area (Å²) in [6.45, 7) is 2.86. The van der Waals surface area contributed by atoms with E-state index in [0.29, 0.717) is 10.6 Å². The Morgan fingerprint density at radius 3 is 2.35 bits per heavy atom. The Labute approximate surface area is 107 Å². The first kappa shape index (κ1) is 13.6. The van der Waals surface area contributed by atoms with E-state index in [9.17, 15) is 4.79 Å². The Kier molecular flexibility index (Phi) is 5.63. The summed E-state index contributed by atoms with van der Waals surface area (Å²) in [6.07, 6.45) is 3.31. The molecule has 0 aliphatic heterocycles. The van der Waals surface area contributed by atoms with Crippen LogP contribution in [-0.2, 0) is 0 Å². The van der Waals surface area contributed by atoms with Gasteiger partial charge in [-0.05, 0) is 18.6 Å². The predicted molar refractivity (Wildman–Crippen MR) is 74.2 cm³/mol. The molecule has 0 aromatic heterocycles. The lowest BCUT2D eigenvalue weighted by atomic mass is 10.1. The second-order valence-electron chi connectivity index (χ2n) is 3.90. The van der Waals surface area contributed by atoms with Gasteiger partial charge >= 0.3 is 0 Å². The van der Waals surface area contributed by atoms with E-state index in [1.165, 1.54) is 0 Å². The van der Waals surface area contributed by atoms with Crippen LogP contribution in [0.1, 0.15) is 42.1 Å². The molecule has 0 aliphatic rings. The van der Waals surface area contributed by atoms with Crippen LogP contribution in [0.15, 0.2) is 24.3 Å². The summed E-state index contributed by atoms with van der Waals surface area (Å²) in [6, 6.07) is 7.01. The Morgan fingerprint density at radius 2 is 1.82 bits per heavy atom. The Morgan fingerprint density at radius 1 is 1.24 bits per heavy atom. The second kappa shape index (κ2) is 7.01. The van der Waals surface area contributed by atoms with Crippen LogP contribution in [0.25, 0.3) is 0 Å². The van der Waals surface area contributed by atoms with E-state index in [-0.39, 0.29) is 5.91 Å². The van der Waals surface area contributed by atoms with Crippen molar-refractivity contribution in [2.75, 3.05) is 6.54 Å². The van der Waals surface area contributed by atoms with E-state index >= 15 is 0 Å². The molecule has 1 aromatic rings. The minimum atomic E-state index is -0.0457. The van der Waals surface area contributed by atoms with Crippen molar-refractivity contribution in [1.29, 1.82) is 0 Å². The van der Waals surface area contributed by atoms with Crippen molar-refractivity contribution >= 4 is 23.1 Å². The molecule has 0 atom stereocenters. The maximum Gasteiger partial charge on any atom is 0.251 e. The molecule has 0 saturated carbocycles. The normalized spacial score (nSPS) is 9.94. The number of benzene rings is 1. The number of nitrogens with one attached hydrogen (secondary N) is 1. The molecule has 17 heavy (non-hydrogen) atoms. The van der Waals surface area contributed by atoms with Crippen LogP contribution < -0.4 is 11.1 Å². The summed E-state index contributed by atoms with van der Waals surface area (Å²) in [5, 5.41) is 2.88. The lowest BCUT2D eigenvalue weighted by molar-refractivity contribution is 0.0953. The summed E-state index contributed by atoms with van der Waals surface area (Å²) in [7, 11) is 0. The summed E-state index contributed by atoms with van der Waals surface area (Å²) in [4.78, 5) is 12.1. The standard InChI is InChI=1S/C13H18N2OS/c1-2-3-4-9-15-13(16)11-7-5-10(6-8-11)12(14)17/h5-8H,2-4,9H2,1H3,(H2,14,17)(H,15,16). The maximum atomic E-state index is 11.7. The van der Waals surface area contributed by atoms with Crippen LogP contribution in [-0.4, -0.2) is 17.4 Å². The number of thiocarbonyl (C=S) groups is 1. The molecule has 1 aromatic carbocycles. The highest BCUT2D eigenvalue weighted by atomic mass is 32.1. The first-order valence-electron chi connectivity index (χ1n) is 5.83. The number of nitrogens with two attached hydrogens (primary N) is 1. The van der Waals surface area contributed by atoms with E-state index < -0.39 is 0 Å². The monoisotopic (exact) mass is 250 g/mol. The van der Waals surface area contributed by atoms with Crippen molar-refractivity contribution in [3.63, 3.8) is 0 Å². The van der Waals surface area contributed by atoms with Crippen LogP contribution in [0.5, 0.6) is 0 Å². The zero-order valence-corrected chi connectivity index (χ0v) is 10.8. The van der Waals surface area contributed by atoms with Crippen LogP contribution >= 0.6 is 12.2 Å². The quantitative estimate of drug-likeness (QED) is 0.601. The third-order valence-electron chi connectivity index (χ3n) is 2.50. The van der Waals surface area contributed by atoms with E-state index in [1.54, 1.807) is 24.3 Å². The Bertz CT molecular complexity index is 387. The van der Waals surface area contributed by atoms with Gasteiger partial charge in [0.05, 0.1) is 0 Å². The van der Waals surface area contributed by atoms with Gasteiger partial charge in [-0.25, -0.2) is 0 Å². The zero-order chi connectivity index (χ0) is 12.7. The van der Waals surface area contributed by atoms with Gasteiger partial charge in [-0.1, -0.05) is 44.1 Å². The van der Waals surface area contributed by atoms with E-state index in [1.807, 2.05) is 0 Å². The van der Waals surface area contributed by atoms with Gasteiger partial charge in [-0.15, -0.1) is 0 Å². The predicted octanol–water partition coefficient (Wildman–Crippen LogP) is 2.24. The third-order valence-corrected chi connectivity index (χ3v) is 2.73. The molecule has 92 valence electrons. The molecular weight excluding hydrogens is 232 g/mol. The van der Waals surface area contributed by atoms with E-state index in [0.717, 1.165) is 31.4 Å². The van der Waals surface area contributed by atoms with Crippen molar-refractivity contribution in [3.05, 3.63) is 35.4 Å². The second-order valence-corrected chi connectivity index (χ2v) is 4.34. The van der Waals surface area contributed by atoms with Gasteiger partial charge in [0.1, 0.15) is 4.99 Å². The topological polar surface area (TPSA) is 55.1 Å². The summed E-state index contributed by atoms with van der Waals surface area (Å²) < 4.78 is 0. The zero-order valence-electron chi connectivity index (χ0n) is 10.0. The van der Waals surface area contributed by atoms with Crippen LogP contribution in [0.4, 0.5) is 0 Å². The molecule has 3 N–H and O–H groups in total. The molecule has 3 nitrogen and oxygen atoms in total. The molecule has 0 radical (unpaired) electrons. The minimum absolute atomic E-state index is 0.0457. The van der Waals surface area contributed by atoms with Crippen LogP contribution in [0.3, 0.4) is 0 Å². The Hall–Kier alpha value is -1.42. The van der Waals surface area contributed by atoms with E-state index in [4.69, 9.17) is 18.0 Å². The van der Waals surface area contributed by atoms with E-state index in [2.05, 4.69) is 12.2 Å². The number of amides is 1. The molecule has 0 unspecified atom stereocenters. The maximum absolute atomic E-state index is 11.7. The summed E-state index contributed by atoms with van der Waals surface area (Å²) in [5.74, 6) is -0.0457. The highest BCUT2D eigenvalue weighted by Gasteiger charge is 2.04. The average molecular weight is 250 g/mol. The summed E-state index contributed by atoms with van der Waals surface area (Å²) in [5.41, 5.74) is 6.90. The minimum Gasteiger partial charge on any atom is -0.389 e. The van der Waals surface area contributed by atoms with Crippen LogP contribution in [0, 0.1) is 0 Å². The Balaban J connectivity index is 2.49. The average Bonchev–Trinajstić information content (AvgIpc) is 2.34. The number of hydrogen-bond donors (Lipinski definition) is 2. The molecule has 1 rings (SSSR count). The first-order chi connectivity index (χ1) is 8.15. The third kappa shape index (κ3) is 4.53. The molecular formula is C13H18N2OS. The number of carbonyl (C=O) groups is 1. The van der Waals surface area contributed by atoms with Crippen LogP contribution in [0.2, 0.25) is 0 Å². The smallest absolute Gasteiger partial charge is 0.251 e. The molecule has 0 spiro atoms. The van der Waals surface area contributed by atoms with Crippen molar-refractivity contribution in [3.8, 4) is 0 Å². The van der Waals surface area contributed by atoms with Gasteiger partial charge in [0.15, 0.2) is 0 Å². The fourth-order valence-corrected chi connectivity index (χ4v) is 1.60. The SMILES string of the molecule is CCCCCNC(=O)c1ccc(C(N)=S)cc1. The molecule has 0 bridgehead atoms. The molecule has 0 saturated heterocycles. The molecule has 0 aliphatic carbocycles. The molecule has 0 heterocycles. The fourth-order valence-electron chi connectivity index (χ4n) is 1.46. The van der Waals surface area contributed by atoms with Gasteiger partial charge in [-0.3, -0.25) is 4.79 Å². The molecule has 0 fully saturated rings. The lowest BCUT2D eigenvalue weighted by Crippen LogP contribution is -2.24. The van der Waals surface area contributed by atoms with Gasteiger partial charge in [0.25, 0.3) is 5.91 Å². The van der Waals surface area contributed by atoms with Gasteiger partial charge in [0.2, 0.25) is 0 Å². The largest absolute Gasteiger partial charge is 0.389 e. The van der Waals surface area contributed by atoms with Gasteiger partial charge in [0, 0.05) is 17.7 Å². The van der Waals surface area contributed by atoms with Crippen molar-refractivity contribution in [1.82, 2.24) is 5.32 Å².